The van der Waals surface area contributed by atoms with Crippen molar-refractivity contribution in [2.75, 3.05) is 59.6 Å². The van der Waals surface area contributed by atoms with E-state index in [1.54, 1.807) is 33.1 Å². The Morgan fingerprint density at radius 2 is 1.70 bits per heavy atom. The Morgan fingerprint density at radius 1 is 1.08 bits per heavy atom. The summed E-state index contributed by atoms with van der Waals surface area (Å²) in [4.78, 5) is 17.7. The molecule has 3 fully saturated rings. The third-order valence-corrected chi connectivity index (χ3v) is 10.4. The van der Waals surface area contributed by atoms with Crippen LogP contribution >= 0.6 is 0 Å². The predicted octanol–water partition coefficient (Wildman–Crippen LogP) is 2.79. The fourth-order valence-electron chi connectivity index (χ4n) is 6.02. The highest BCUT2D eigenvalue weighted by atomic mass is 32.2. The average Bonchev–Trinajstić information content (AvgIpc) is 3.25. The molecule has 37 heavy (non-hydrogen) atoms. The first-order valence-corrected chi connectivity index (χ1v) is 14.8. The van der Waals surface area contributed by atoms with Crippen LogP contribution in [-0.2, 0) is 24.3 Å². The first-order chi connectivity index (χ1) is 17.4. The summed E-state index contributed by atoms with van der Waals surface area (Å²) in [5, 5.41) is 0. The van der Waals surface area contributed by atoms with Gasteiger partial charge in [-0.2, -0.15) is 4.31 Å². The number of ether oxygens (including phenoxy) is 3. The number of nitrogens with zero attached hydrogens (tertiary/aromatic N) is 3. The van der Waals surface area contributed by atoms with Gasteiger partial charge in [0.05, 0.1) is 24.2 Å². The minimum absolute atomic E-state index is 0.0592. The first-order valence-electron chi connectivity index (χ1n) is 13.3. The number of sulfonamides is 1. The molecule has 1 aromatic carbocycles. The minimum atomic E-state index is -3.92. The van der Waals surface area contributed by atoms with Gasteiger partial charge in [0.15, 0.2) is 0 Å². The summed E-state index contributed by atoms with van der Waals surface area (Å²) < 4.78 is 46.4. The molecule has 3 aliphatic rings. The van der Waals surface area contributed by atoms with Gasteiger partial charge in [0.2, 0.25) is 15.9 Å². The minimum Gasteiger partial charge on any atom is -0.497 e. The Morgan fingerprint density at radius 3 is 2.27 bits per heavy atom. The maximum absolute atomic E-state index is 13.9. The number of carbonyl (C=O) groups excluding carboxylic acids is 1. The maximum Gasteiger partial charge on any atom is 0.248 e. The molecule has 3 saturated heterocycles. The summed E-state index contributed by atoms with van der Waals surface area (Å²) in [6.07, 6.45) is 2.33. The van der Waals surface area contributed by atoms with Crippen molar-refractivity contribution in [3.63, 3.8) is 0 Å². The van der Waals surface area contributed by atoms with Crippen molar-refractivity contribution < 1.29 is 27.4 Å². The van der Waals surface area contributed by atoms with Crippen molar-refractivity contribution in [2.24, 2.45) is 5.41 Å². The molecule has 1 amide bonds. The molecule has 4 rings (SSSR count). The molecule has 0 bridgehead atoms. The van der Waals surface area contributed by atoms with Crippen molar-refractivity contribution in [1.82, 2.24) is 14.1 Å². The molecule has 0 aliphatic carbocycles. The van der Waals surface area contributed by atoms with E-state index < -0.39 is 21.9 Å². The van der Waals surface area contributed by atoms with Crippen molar-refractivity contribution in [3.8, 4) is 5.75 Å². The van der Waals surface area contributed by atoms with Crippen LogP contribution in [0.1, 0.15) is 51.2 Å². The Balaban J connectivity index is 1.44. The lowest BCUT2D eigenvalue weighted by Crippen LogP contribution is -2.57. The van der Waals surface area contributed by atoms with E-state index in [4.69, 9.17) is 14.2 Å². The highest BCUT2D eigenvalue weighted by Crippen LogP contribution is 2.40. The molecule has 1 unspecified atom stereocenters. The highest BCUT2D eigenvalue weighted by Gasteiger charge is 2.44. The molecular weight excluding hydrogens is 494 g/mol. The van der Waals surface area contributed by atoms with E-state index in [9.17, 15) is 13.2 Å². The van der Waals surface area contributed by atoms with Crippen molar-refractivity contribution in [3.05, 3.63) is 23.3 Å². The molecule has 3 heterocycles. The number of amides is 1. The lowest BCUT2D eigenvalue weighted by Gasteiger charge is -2.43. The van der Waals surface area contributed by atoms with Crippen LogP contribution in [0.3, 0.4) is 0 Å². The average molecular weight is 538 g/mol. The Hall–Kier alpha value is -1.72. The van der Waals surface area contributed by atoms with Gasteiger partial charge in [-0.05, 0) is 88.7 Å². The fourth-order valence-corrected chi connectivity index (χ4v) is 8.10. The van der Waals surface area contributed by atoms with Crippen LogP contribution in [0.25, 0.3) is 0 Å². The molecule has 1 spiro atoms. The second kappa shape index (κ2) is 10.8. The number of rotatable bonds is 7. The van der Waals surface area contributed by atoms with E-state index in [1.165, 1.54) is 10.7 Å². The number of hydrogen-bond acceptors (Lipinski definition) is 7. The van der Waals surface area contributed by atoms with Crippen LogP contribution in [-0.4, -0.2) is 99.9 Å². The molecule has 9 nitrogen and oxygen atoms in total. The van der Waals surface area contributed by atoms with Crippen molar-refractivity contribution in [2.45, 2.75) is 70.6 Å². The van der Waals surface area contributed by atoms with E-state index in [0.29, 0.717) is 22.3 Å². The number of carbonyl (C=O) groups is 1. The Labute approximate surface area is 222 Å². The molecule has 0 saturated carbocycles. The summed E-state index contributed by atoms with van der Waals surface area (Å²) in [5.74, 6) is 0.511. The van der Waals surface area contributed by atoms with Gasteiger partial charge in [0.25, 0.3) is 0 Å². The van der Waals surface area contributed by atoms with Crippen molar-refractivity contribution in [1.29, 1.82) is 0 Å². The van der Waals surface area contributed by atoms with Gasteiger partial charge in [0.1, 0.15) is 18.6 Å². The Kier molecular flexibility index (Phi) is 8.26. The molecule has 1 atom stereocenters. The molecular formula is C27H43N3O6S. The zero-order valence-corrected chi connectivity index (χ0v) is 24.0. The molecule has 10 heteroatoms. The highest BCUT2D eigenvalue weighted by molar-refractivity contribution is 7.89. The van der Waals surface area contributed by atoms with Crippen LogP contribution < -0.4 is 4.74 Å². The summed E-state index contributed by atoms with van der Waals surface area (Å²) in [7, 11) is -2.36. The third kappa shape index (κ3) is 5.98. The topological polar surface area (TPSA) is 88.6 Å². The number of benzene rings is 1. The summed E-state index contributed by atoms with van der Waals surface area (Å²) in [5.41, 5.74) is 0.855. The first kappa shape index (κ1) is 28.3. The SMILES string of the molecule is CCN1CCC2(CCN(C(=O)COC3COC(C)(C)CN3S(=O)(=O)c3c(C)cc(OC)cc3C)CC2)C1. The van der Waals surface area contributed by atoms with Gasteiger partial charge in [-0.3, -0.25) is 4.79 Å². The van der Waals surface area contributed by atoms with Gasteiger partial charge in [-0.1, -0.05) is 6.92 Å². The second-order valence-corrected chi connectivity index (χ2v) is 13.3. The number of methoxy groups -OCH3 is 1. The van der Waals surface area contributed by atoms with Gasteiger partial charge < -0.3 is 24.0 Å². The van der Waals surface area contributed by atoms with E-state index in [2.05, 4.69) is 11.8 Å². The lowest BCUT2D eigenvalue weighted by molar-refractivity contribution is -0.175. The Bertz CT molecular complexity index is 1070. The van der Waals surface area contributed by atoms with Crippen LogP contribution in [0.2, 0.25) is 0 Å². The number of likely N-dealkylation sites (tertiary alicyclic amines) is 2. The lowest BCUT2D eigenvalue weighted by atomic mass is 9.78. The molecule has 3 aliphatic heterocycles. The number of hydrogen-bond donors (Lipinski definition) is 0. The number of piperidine rings is 1. The fraction of sp³-hybridized carbons (Fsp3) is 0.741. The third-order valence-electron chi connectivity index (χ3n) is 8.25. The summed E-state index contributed by atoms with van der Waals surface area (Å²) in [6, 6.07) is 3.44. The van der Waals surface area contributed by atoms with E-state index in [-0.39, 0.29) is 30.6 Å². The quantitative estimate of drug-likeness (QED) is 0.529. The van der Waals surface area contributed by atoms with Gasteiger partial charge in [-0.25, -0.2) is 8.42 Å². The predicted molar refractivity (Wildman–Crippen MR) is 141 cm³/mol. The van der Waals surface area contributed by atoms with Gasteiger partial charge in [0, 0.05) is 26.2 Å². The normalized spacial score (nSPS) is 24.5. The van der Waals surface area contributed by atoms with Crippen LogP contribution in [0.5, 0.6) is 5.75 Å². The largest absolute Gasteiger partial charge is 0.497 e. The van der Waals surface area contributed by atoms with Gasteiger partial charge in [-0.15, -0.1) is 0 Å². The second-order valence-electron chi connectivity index (χ2n) is 11.5. The van der Waals surface area contributed by atoms with Crippen LogP contribution in [0.4, 0.5) is 0 Å². The molecule has 0 radical (unpaired) electrons. The number of morpholine rings is 1. The summed E-state index contributed by atoms with van der Waals surface area (Å²) >= 11 is 0. The zero-order chi connectivity index (χ0) is 27.0. The van der Waals surface area contributed by atoms with E-state index >= 15 is 0 Å². The molecule has 0 aromatic heterocycles. The standard InChI is InChI=1S/C27H43N3O6S/c1-7-28-11-8-27(19-28)9-12-29(13-10-27)23(31)16-35-24-17-36-26(4,5)18-30(24)37(32,33)25-20(2)14-22(34-6)15-21(25)3/h14-15,24H,7-13,16-19H2,1-6H3. The molecule has 208 valence electrons. The monoisotopic (exact) mass is 537 g/mol. The van der Waals surface area contributed by atoms with Crippen LogP contribution in [0, 0.1) is 19.3 Å². The smallest absolute Gasteiger partial charge is 0.248 e. The maximum atomic E-state index is 13.9. The van der Waals surface area contributed by atoms with Crippen molar-refractivity contribution >= 4 is 15.9 Å². The van der Waals surface area contributed by atoms with Crippen LogP contribution in [0.15, 0.2) is 17.0 Å². The van der Waals surface area contributed by atoms with E-state index in [1.807, 2.05) is 18.7 Å². The summed E-state index contributed by atoms with van der Waals surface area (Å²) in [6.45, 7) is 14.2. The van der Waals surface area contributed by atoms with Gasteiger partial charge >= 0.3 is 0 Å². The number of aryl methyl sites for hydroxylation is 2. The van der Waals surface area contributed by atoms with E-state index in [0.717, 1.165) is 45.6 Å². The zero-order valence-electron chi connectivity index (χ0n) is 23.2. The molecule has 1 aromatic rings. The molecule has 0 N–H and O–H groups in total.